The van der Waals surface area contributed by atoms with Gasteiger partial charge in [-0.3, -0.25) is 4.79 Å². The maximum Gasteiger partial charge on any atom is 0.324 e. The zero-order chi connectivity index (χ0) is 12.6. The van der Waals surface area contributed by atoms with Crippen molar-refractivity contribution < 1.29 is 17.9 Å². The van der Waals surface area contributed by atoms with Gasteiger partial charge in [0.2, 0.25) is 10.0 Å². The number of rotatable bonds is 8. The number of hydrogen-bond acceptors (Lipinski definition) is 4. The maximum atomic E-state index is 11.5. The second-order valence-corrected chi connectivity index (χ2v) is 5.26. The fourth-order valence-electron chi connectivity index (χ4n) is 1.11. The minimum Gasteiger partial charge on any atom is -0.468 e. The van der Waals surface area contributed by atoms with Crippen LogP contribution in [-0.2, 0) is 19.6 Å². The predicted molar refractivity (Wildman–Crippen MR) is 62.4 cm³/mol. The molecule has 0 radical (unpaired) electrons. The molecule has 16 heavy (non-hydrogen) atoms. The Balaban J connectivity index is 4.49. The summed E-state index contributed by atoms with van der Waals surface area (Å²) in [5.74, 6) is -0.575. The first kappa shape index (κ1) is 15.1. The molecule has 0 aromatic carbocycles. The van der Waals surface area contributed by atoms with Crippen molar-refractivity contribution in [3.8, 4) is 0 Å². The van der Waals surface area contributed by atoms with Crippen LogP contribution in [0, 0.1) is 0 Å². The summed E-state index contributed by atoms with van der Waals surface area (Å²) >= 11 is 0. The molecule has 0 aliphatic carbocycles. The van der Waals surface area contributed by atoms with Crippen LogP contribution in [-0.4, -0.2) is 33.3 Å². The number of sulfonamides is 1. The minimum absolute atomic E-state index is 0.0220. The Morgan fingerprint density at radius 1 is 1.56 bits per heavy atom. The molecule has 0 aliphatic heterocycles. The van der Waals surface area contributed by atoms with E-state index in [0.29, 0.717) is 6.42 Å². The van der Waals surface area contributed by atoms with Crippen molar-refractivity contribution in [2.75, 3.05) is 12.9 Å². The Morgan fingerprint density at radius 3 is 2.62 bits per heavy atom. The molecule has 0 spiro atoms. The van der Waals surface area contributed by atoms with Gasteiger partial charge in [-0.15, -0.1) is 6.58 Å². The van der Waals surface area contributed by atoms with Gasteiger partial charge in [0.1, 0.15) is 6.04 Å². The van der Waals surface area contributed by atoms with E-state index in [2.05, 4.69) is 16.0 Å². The van der Waals surface area contributed by atoms with Crippen LogP contribution in [0.15, 0.2) is 12.7 Å². The van der Waals surface area contributed by atoms with Crippen molar-refractivity contribution in [3.05, 3.63) is 12.7 Å². The van der Waals surface area contributed by atoms with E-state index in [0.717, 1.165) is 6.42 Å². The van der Waals surface area contributed by atoms with Gasteiger partial charge in [-0.1, -0.05) is 19.4 Å². The topological polar surface area (TPSA) is 72.5 Å². The summed E-state index contributed by atoms with van der Waals surface area (Å²) in [6.45, 7) is 5.37. The average Bonchev–Trinajstić information content (AvgIpc) is 2.24. The number of ether oxygens (including phenoxy) is 1. The Bertz CT molecular complexity index is 324. The number of nitrogens with one attached hydrogen (secondary N) is 1. The molecule has 94 valence electrons. The molecule has 0 unspecified atom stereocenters. The van der Waals surface area contributed by atoms with Gasteiger partial charge in [0.05, 0.1) is 12.9 Å². The maximum absolute atomic E-state index is 11.5. The lowest BCUT2D eigenvalue weighted by atomic mass is 10.2. The van der Waals surface area contributed by atoms with Gasteiger partial charge in [-0.2, -0.15) is 0 Å². The van der Waals surface area contributed by atoms with Crippen LogP contribution in [0.2, 0.25) is 0 Å². The highest BCUT2D eigenvalue weighted by atomic mass is 32.2. The summed E-state index contributed by atoms with van der Waals surface area (Å²) in [6.07, 6.45) is 3.05. The van der Waals surface area contributed by atoms with Crippen molar-refractivity contribution in [3.63, 3.8) is 0 Å². The molecule has 0 heterocycles. The average molecular weight is 249 g/mol. The first-order valence-electron chi connectivity index (χ1n) is 5.15. The summed E-state index contributed by atoms with van der Waals surface area (Å²) in [6, 6.07) is -0.871. The minimum atomic E-state index is -3.42. The van der Waals surface area contributed by atoms with Crippen LogP contribution in [0.1, 0.15) is 26.2 Å². The van der Waals surface area contributed by atoms with E-state index in [1.807, 2.05) is 6.92 Å². The Labute approximate surface area is 96.9 Å². The fraction of sp³-hybridized carbons (Fsp3) is 0.700. The Morgan fingerprint density at radius 2 is 2.19 bits per heavy atom. The van der Waals surface area contributed by atoms with E-state index in [1.165, 1.54) is 13.2 Å². The van der Waals surface area contributed by atoms with Gasteiger partial charge in [-0.25, -0.2) is 13.1 Å². The van der Waals surface area contributed by atoms with Crippen molar-refractivity contribution >= 4 is 16.0 Å². The SMILES string of the molecule is C=CC[C@@H](NS(=O)(=O)CCCC)C(=O)OC. The number of unbranched alkanes of at least 4 members (excludes halogenated alkanes) is 1. The molecule has 1 atom stereocenters. The van der Waals surface area contributed by atoms with Gasteiger partial charge in [0.25, 0.3) is 0 Å². The van der Waals surface area contributed by atoms with Crippen LogP contribution >= 0.6 is 0 Å². The Kier molecular flexibility index (Phi) is 7.00. The largest absolute Gasteiger partial charge is 0.468 e. The molecule has 6 heteroatoms. The Hall–Kier alpha value is -0.880. The number of hydrogen-bond donors (Lipinski definition) is 1. The highest BCUT2D eigenvalue weighted by Crippen LogP contribution is 2.01. The molecule has 0 aliphatic rings. The number of esters is 1. The lowest BCUT2D eigenvalue weighted by Crippen LogP contribution is -2.42. The molecule has 0 bridgehead atoms. The highest BCUT2D eigenvalue weighted by molar-refractivity contribution is 7.89. The molecule has 0 fully saturated rings. The van der Waals surface area contributed by atoms with Crippen LogP contribution in [0.25, 0.3) is 0 Å². The van der Waals surface area contributed by atoms with Crippen molar-refractivity contribution in [1.82, 2.24) is 4.72 Å². The van der Waals surface area contributed by atoms with Crippen molar-refractivity contribution in [2.45, 2.75) is 32.2 Å². The van der Waals surface area contributed by atoms with Crippen molar-refractivity contribution in [1.29, 1.82) is 0 Å². The smallest absolute Gasteiger partial charge is 0.324 e. The second-order valence-electron chi connectivity index (χ2n) is 3.39. The van der Waals surface area contributed by atoms with Gasteiger partial charge >= 0.3 is 5.97 Å². The molecule has 5 nitrogen and oxygen atoms in total. The lowest BCUT2D eigenvalue weighted by Gasteiger charge is -2.14. The zero-order valence-electron chi connectivity index (χ0n) is 9.73. The van der Waals surface area contributed by atoms with E-state index in [1.54, 1.807) is 0 Å². The molecule has 1 N–H and O–H groups in total. The van der Waals surface area contributed by atoms with Gasteiger partial charge in [-0.05, 0) is 12.8 Å². The fourth-order valence-corrected chi connectivity index (χ4v) is 2.52. The van der Waals surface area contributed by atoms with E-state index < -0.39 is 22.0 Å². The third-order valence-electron chi connectivity index (χ3n) is 1.98. The van der Waals surface area contributed by atoms with Gasteiger partial charge < -0.3 is 4.74 Å². The van der Waals surface area contributed by atoms with Crippen molar-refractivity contribution in [2.24, 2.45) is 0 Å². The third kappa shape index (κ3) is 5.87. The lowest BCUT2D eigenvalue weighted by molar-refractivity contribution is -0.142. The highest BCUT2D eigenvalue weighted by Gasteiger charge is 2.23. The summed E-state index contributed by atoms with van der Waals surface area (Å²) < 4.78 is 29.9. The van der Waals surface area contributed by atoms with E-state index >= 15 is 0 Å². The van der Waals surface area contributed by atoms with Crippen LogP contribution < -0.4 is 4.72 Å². The van der Waals surface area contributed by atoms with Crippen LogP contribution in [0.5, 0.6) is 0 Å². The van der Waals surface area contributed by atoms with E-state index in [-0.39, 0.29) is 12.2 Å². The van der Waals surface area contributed by atoms with E-state index in [9.17, 15) is 13.2 Å². The summed E-state index contributed by atoms with van der Waals surface area (Å²) in [4.78, 5) is 11.3. The molecule has 0 rings (SSSR count). The standard InChI is InChI=1S/C10H19NO4S/c1-4-6-8-16(13,14)11-9(7-5-2)10(12)15-3/h5,9,11H,2,4,6-8H2,1,3H3/t9-/m1/s1. The molecular weight excluding hydrogens is 230 g/mol. The number of carbonyl (C=O) groups is 1. The van der Waals surface area contributed by atoms with Crippen LogP contribution in [0.3, 0.4) is 0 Å². The first-order valence-corrected chi connectivity index (χ1v) is 6.80. The summed E-state index contributed by atoms with van der Waals surface area (Å²) in [7, 11) is -2.20. The first-order chi connectivity index (χ1) is 7.46. The number of carbonyl (C=O) groups excluding carboxylic acids is 1. The monoisotopic (exact) mass is 249 g/mol. The van der Waals surface area contributed by atoms with Gasteiger partial charge in [0, 0.05) is 0 Å². The molecule has 0 saturated carbocycles. The quantitative estimate of drug-likeness (QED) is 0.510. The molecule has 0 aromatic heterocycles. The predicted octanol–water partition coefficient (Wildman–Crippen LogP) is 0.824. The molecule has 0 amide bonds. The second kappa shape index (κ2) is 7.40. The third-order valence-corrected chi connectivity index (χ3v) is 3.45. The zero-order valence-corrected chi connectivity index (χ0v) is 10.5. The van der Waals surface area contributed by atoms with Gasteiger partial charge in [0.15, 0.2) is 0 Å². The van der Waals surface area contributed by atoms with Crippen LogP contribution in [0.4, 0.5) is 0 Å². The number of methoxy groups -OCH3 is 1. The summed E-state index contributed by atoms with van der Waals surface area (Å²) in [5, 5.41) is 0. The normalized spacial score (nSPS) is 13.1. The molecular formula is C10H19NO4S. The molecule has 0 aromatic rings. The molecule has 0 saturated heterocycles. The summed E-state index contributed by atoms with van der Waals surface area (Å²) in [5.41, 5.74) is 0. The van der Waals surface area contributed by atoms with E-state index in [4.69, 9.17) is 0 Å².